The number of hydrogen-bond acceptors (Lipinski definition) is 7. The van der Waals surface area contributed by atoms with Crippen molar-refractivity contribution in [1.82, 2.24) is 4.90 Å². The molecule has 8 heteroatoms. The van der Waals surface area contributed by atoms with Crippen LogP contribution in [0.2, 0.25) is 0 Å². The van der Waals surface area contributed by atoms with Crippen LogP contribution in [0.4, 0.5) is 0 Å². The summed E-state index contributed by atoms with van der Waals surface area (Å²) in [5.74, 6) is -2.83. The van der Waals surface area contributed by atoms with E-state index < -0.39 is 29.9 Å². The van der Waals surface area contributed by atoms with Gasteiger partial charge in [-0.2, -0.15) is 0 Å². The van der Waals surface area contributed by atoms with Crippen LogP contribution >= 0.6 is 0 Å². The number of carboxylic acid groups (broad SMARTS) is 1. The monoisotopic (exact) mass is 403 g/mol. The molecule has 2 aliphatic heterocycles. The van der Waals surface area contributed by atoms with Crippen LogP contribution in [0.5, 0.6) is 0 Å². The largest absolute Gasteiger partial charge is 0.481 e. The van der Waals surface area contributed by atoms with E-state index in [9.17, 15) is 19.2 Å². The van der Waals surface area contributed by atoms with Gasteiger partial charge in [-0.25, -0.2) is 4.79 Å². The summed E-state index contributed by atoms with van der Waals surface area (Å²) in [6.45, 7) is 0.0927. The summed E-state index contributed by atoms with van der Waals surface area (Å²) in [4.78, 5) is 49.9. The van der Waals surface area contributed by atoms with E-state index in [0.29, 0.717) is 18.4 Å². The van der Waals surface area contributed by atoms with Gasteiger partial charge >= 0.3 is 17.9 Å². The first kappa shape index (κ1) is 21.0. The van der Waals surface area contributed by atoms with Gasteiger partial charge in [0.25, 0.3) is 0 Å². The Morgan fingerprint density at radius 3 is 2.48 bits per heavy atom. The normalized spacial score (nSPS) is 26.0. The van der Waals surface area contributed by atoms with Crippen LogP contribution in [0.15, 0.2) is 30.3 Å². The number of ketones is 1. The molecule has 1 N–H and O–H groups in total. The van der Waals surface area contributed by atoms with E-state index in [4.69, 9.17) is 14.6 Å². The number of esters is 2. The Balaban J connectivity index is 1.73. The van der Waals surface area contributed by atoms with E-state index in [0.717, 1.165) is 6.42 Å². The Morgan fingerprint density at radius 1 is 1.10 bits per heavy atom. The number of Topliss-reactive ketones (excluding diaryl/α,β-unsaturated/α-hetero) is 1. The molecule has 0 spiro atoms. The van der Waals surface area contributed by atoms with Crippen LogP contribution in [-0.4, -0.2) is 65.5 Å². The molecule has 2 fully saturated rings. The Kier molecular flexibility index (Phi) is 6.64. The lowest BCUT2D eigenvalue weighted by atomic mass is 9.86. The third-order valence-electron chi connectivity index (χ3n) is 5.73. The van der Waals surface area contributed by atoms with Gasteiger partial charge in [0.05, 0.1) is 25.6 Å². The number of carbonyl (C=O) groups excluding carboxylic acids is 3. The molecule has 1 aromatic carbocycles. The topological polar surface area (TPSA) is 110 Å². The summed E-state index contributed by atoms with van der Waals surface area (Å²) in [5.41, 5.74) is 0.412. The highest BCUT2D eigenvalue weighted by Gasteiger charge is 2.52. The summed E-state index contributed by atoms with van der Waals surface area (Å²) >= 11 is 0. The molecule has 3 rings (SSSR count). The van der Waals surface area contributed by atoms with Gasteiger partial charge in [0.1, 0.15) is 17.8 Å². The predicted octanol–water partition coefficient (Wildman–Crippen LogP) is 1.67. The van der Waals surface area contributed by atoms with Crippen LogP contribution in [0.3, 0.4) is 0 Å². The van der Waals surface area contributed by atoms with Gasteiger partial charge in [0.2, 0.25) is 0 Å². The maximum Gasteiger partial charge on any atom is 0.338 e. The molecule has 2 bridgehead atoms. The molecule has 0 radical (unpaired) electrons. The molecule has 4 atom stereocenters. The van der Waals surface area contributed by atoms with E-state index in [1.54, 1.807) is 30.3 Å². The van der Waals surface area contributed by atoms with Crippen LogP contribution < -0.4 is 0 Å². The Bertz CT molecular complexity index is 778. The molecule has 0 aliphatic carbocycles. The molecule has 2 saturated heterocycles. The number of aliphatic carboxylic acids is 1. The number of hydrogen-bond donors (Lipinski definition) is 1. The molecule has 8 nitrogen and oxygen atoms in total. The van der Waals surface area contributed by atoms with E-state index in [-0.39, 0.29) is 37.3 Å². The quantitative estimate of drug-likeness (QED) is 0.653. The number of rotatable bonds is 8. The molecule has 0 saturated carbocycles. The Hall–Kier alpha value is -2.74. The van der Waals surface area contributed by atoms with E-state index >= 15 is 0 Å². The van der Waals surface area contributed by atoms with E-state index in [1.807, 2.05) is 4.90 Å². The van der Waals surface area contributed by atoms with Crippen LogP contribution in [0, 0.1) is 5.92 Å². The molecule has 156 valence electrons. The van der Waals surface area contributed by atoms with Gasteiger partial charge in [0.15, 0.2) is 0 Å². The lowest BCUT2D eigenvalue weighted by molar-refractivity contribution is -0.157. The van der Waals surface area contributed by atoms with Gasteiger partial charge in [-0.05, 0) is 25.0 Å². The SMILES string of the molecule is COC(=O)[C@H]1[C@@H](OC(=O)c2ccccc2)C[C@@H]2CC[C@H]1N2CC(=O)CCC(=O)O. The average molecular weight is 403 g/mol. The highest BCUT2D eigenvalue weighted by molar-refractivity contribution is 5.90. The number of piperidine rings is 1. The highest BCUT2D eigenvalue weighted by Crippen LogP contribution is 2.41. The first-order valence-corrected chi connectivity index (χ1v) is 9.73. The van der Waals surface area contributed by atoms with Crippen molar-refractivity contribution < 1.29 is 33.8 Å². The maximum absolute atomic E-state index is 12.5. The number of carbonyl (C=O) groups is 4. The fourth-order valence-electron chi connectivity index (χ4n) is 4.39. The number of fused-ring (bicyclic) bond motifs is 2. The van der Waals surface area contributed by atoms with Gasteiger partial charge < -0.3 is 14.6 Å². The number of ether oxygens (including phenoxy) is 2. The summed E-state index contributed by atoms with van der Waals surface area (Å²) < 4.78 is 10.7. The Labute approximate surface area is 168 Å². The zero-order chi connectivity index (χ0) is 21.0. The second-order valence-corrected chi connectivity index (χ2v) is 7.50. The van der Waals surface area contributed by atoms with Gasteiger partial charge in [-0.1, -0.05) is 18.2 Å². The molecule has 2 aliphatic rings. The summed E-state index contributed by atoms with van der Waals surface area (Å²) in [5, 5.41) is 8.77. The first-order chi connectivity index (χ1) is 13.9. The minimum absolute atomic E-state index is 0.00302. The third kappa shape index (κ3) is 4.82. The standard InChI is InChI=1S/C21H25NO7/c1-28-21(27)19-16-9-7-14(22(16)12-15(23)8-10-18(24)25)11-17(19)29-20(26)13-5-3-2-4-6-13/h2-6,14,16-17,19H,7-12H2,1H3,(H,24,25)/t14-,16+,17-,19+/m0/s1. The summed E-state index contributed by atoms with van der Waals surface area (Å²) in [7, 11) is 1.29. The van der Waals surface area contributed by atoms with Gasteiger partial charge in [-0.3, -0.25) is 19.3 Å². The second-order valence-electron chi connectivity index (χ2n) is 7.50. The zero-order valence-corrected chi connectivity index (χ0v) is 16.3. The fraction of sp³-hybridized carbons (Fsp3) is 0.524. The van der Waals surface area contributed by atoms with Crippen LogP contribution in [0.25, 0.3) is 0 Å². The lowest BCUT2D eigenvalue weighted by Gasteiger charge is -2.42. The molecule has 0 unspecified atom stereocenters. The molecule has 2 heterocycles. The van der Waals surface area contributed by atoms with Crippen molar-refractivity contribution in [2.45, 2.75) is 50.3 Å². The second kappa shape index (κ2) is 9.17. The average Bonchev–Trinajstić information content (AvgIpc) is 2.98. The molecule has 0 amide bonds. The minimum Gasteiger partial charge on any atom is -0.481 e. The number of carboxylic acids is 1. The Morgan fingerprint density at radius 2 is 1.83 bits per heavy atom. The van der Waals surface area contributed by atoms with Gasteiger partial charge in [-0.15, -0.1) is 0 Å². The molecule has 29 heavy (non-hydrogen) atoms. The fourth-order valence-corrected chi connectivity index (χ4v) is 4.39. The predicted molar refractivity (Wildman–Crippen MR) is 101 cm³/mol. The molecule has 0 aromatic heterocycles. The van der Waals surface area contributed by atoms with Gasteiger partial charge in [0, 0.05) is 24.9 Å². The summed E-state index contributed by atoms with van der Waals surface area (Å²) in [6.07, 6.45) is 1.03. The van der Waals surface area contributed by atoms with E-state index in [1.165, 1.54) is 7.11 Å². The van der Waals surface area contributed by atoms with Crippen molar-refractivity contribution in [2.24, 2.45) is 5.92 Å². The van der Waals surface area contributed by atoms with Crippen LogP contribution in [0.1, 0.15) is 42.5 Å². The zero-order valence-electron chi connectivity index (χ0n) is 16.3. The minimum atomic E-state index is -1.01. The lowest BCUT2D eigenvalue weighted by Crippen LogP contribution is -2.56. The molecule has 1 aromatic rings. The number of benzene rings is 1. The van der Waals surface area contributed by atoms with Crippen molar-refractivity contribution in [3.63, 3.8) is 0 Å². The first-order valence-electron chi connectivity index (χ1n) is 9.73. The number of methoxy groups -OCH3 is 1. The van der Waals surface area contributed by atoms with E-state index in [2.05, 4.69) is 0 Å². The molecular formula is C21H25NO7. The molecular weight excluding hydrogens is 378 g/mol. The maximum atomic E-state index is 12.5. The smallest absolute Gasteiger partial charge is 0.338 e. The van der Waals surface area contributed by atoms with Crippen LogP contribution in [-0.2, 0) is 23.9 Å². The van der Waals surface area contributed by atoms with Crippen molar-refractivity contribution in [3.8, 4) is 0 Å². The van der Waals surface area contributed by atoms with Crippen molar-refractivity contribution >= 4 is 23.7 Å². The third-order valence-corrected chi connectivity index (χ3v) is 5.73. The van der Waals surface area contributed by atoms with Crippen molar-refractivity contribution in [2.75, 3.05) is 13.7 Å². The highest BCUT2D eigenvalue weighted by atomic mass is 16.6. The summed E-state index contributed by atoms with van der Waals surface area (Å²) in [6, 6.07) is 8.31. The number of nitrogens with zero attached hydrogens (tertiary/aromatic N) is 1. The van der Waals surface area contributed by atoms with Crippen molar-refractivity contribution in [1.29, 1.82) is 0 Å². The van der Waals surface area contributed by atoms with Crippen molar-refractivity contribution in [3.05, 3.63) is 35.9 Å².